The van der Waals surface area contributed by atoms with Crippen LogP contribution < -0.4 is 5.32 Å². The van der Waals surface area contributed by atoms with E-state index in [1.54, 1.807) is 17.5 Å². The molecule has 0 aliphatic carbocycles. The van der Waals surface area contributed by atoms with Gasteiger partial charge in [-0.2, -0.15) is 0 Å². The molecule has 0 saturated carbocycles. The van der Waals surface area contributed by atoms with E-state index in [1.165, 1.54) is 5.56 Å². The molecule has 0 spiro atoms. The van der Waals surface area contributed by atoms with E-state index in [0.717, 1.165) is 42.6 Å². The second kappa shape index (κ2) is 7.89. The molecule has 1 saturated heterocycles. The maximum atomic E-state index is 13.0. The van der Waals surface area contributed by atoms with Gasteiger partial charge in [0.15, 0.2) is 5.13 Å². The van der Waals surface area contributed by atoms with Crippen LogP contribution in [-0.2, 0) is 10.2 Å². The van der Waals surface area contributed by atoms with Crippen molar-refractivity contribution in [2.45, 2.75) is 32.1 Å². The van der Waals surface area contributed by atoms with Gasteiger partial charge in [0.2, 0.25) is 0 Å². The minimum absolute atomic E-state index is 0.0299. The first-order chi connectivity index (χ1) is 13.6. The van der Waals surface area contributed by atoms with Crippen LogP contribution in [0.25, 0.3) is 5.13 Å². The van der Waals surface area contributed by atoms with Gasteiger partial charge in [0.25, 0.3) is 5.91 Å². The summed E-state index contributed by atoms with van der Waals surface area (Å²) < 4.78 is 7.64. The van der Waals surface area contributed by atoms with Crippen molar-refractivity contribution >= 4 is 17.2 Å². The predicted octanol–water partition coefficient (Wildman–Crippen LogP) is 4.03. The molecule has 6 heteroatoms. The Morgan fingerprint density at radius 2 is 2.00 bits per heavy atom. The van der Waals surface area contributed by atoms with Crippen molar-refractivity contribution in [3.05, 3.63) is 70.5 Å². The second-order valence-electron chi connectivity index (χ2n) is 7.38. The van der Waals surface area contributed by atoms with Gasteiger partial charge in [-0.25, -0.2) is 4.98 Å². The van der Waals surface area contributed by atoms with E-state index in [0.29, 0.717) is 12.1 Å². The summed E-state index contributed by atoms with van der Waals surface area (Å²) >= 11 is 1.57. The monoisotopic (exact) mass is 395 g/mol. The molecule has 1 aliphatic heterocycles. The topological polar surface area (TPSA) is 56.1 Å². The Bertz CT molecular complexity index is 942. The Labute approximate surface area is 169 Å². The number of benzene rings is 1. The fraction of sp³-hybridized carbons (Fsp3) is 0.364. The lowest BCUT2D eigenvalue weighted by molar-refractivity contribution is 0.0487. The van der Waals surface area contributed by atoms with Crippen molar-refractivity contribution in [3.8, 4) is 5.13 Å². The number of ether oxygens (including phenoxy) is 1. The van der Waals surface area contributed by atoms with E-state index < -0.39 is 0 Å². The number of thiazole rings is 1. The van der Waals surface area contributed by atoms with Crippen LogP contribution in [0.3, 0.4) is 0 Å². The third-order valence-corrected chi connectivity index (χ3v) is 6.47. The zero-order valence-electron chi connectivity index (χ0n) is 16.3. The van der Waals surface area contributed by atoms with Crippen molar-refractivity contribution in [2.24, 2.45) is 0 Å². The average molecular weight is 396 g/mol. The van der Waals surface area contributed by atoms with Crippen LogP contribution in [-0.4, -0.2) is 35.2 Å². The maximum Gasteiger partial charge on any atom is 0.253 e. The van der Waals surface area contributed by atoms with Crippen molar-refractivity contribution in [1.29, 1.82) is 0 Å². The number of carbonyl (C=O) groups is 1. The lowest BCUT2D eigenvalue weighted by Crippen LogP contribution is -2.44. The third kappa shape index (κ3) is 3.50. The summed E-state index contributed by atoms with van der Waals surface area (Å²) in [4.78, 5) is 17.4. The van der Waals surface area contributed by atoms with Gasteiger partial charge in [-0.1, -0.05) is 30.3 Å². The minimum Gasteiger partial charge on any atom is -0.381 e. The van der Waals surface area contributed by atoms with Crippen molar-refractivity contribution in [2.75, 3.05) is 19.8 Å². The third-order valence-electron chi connectivity index (χ3n) is 5.71. The molecule has 0 bridgehead atoms. The molecule has 0 radical (unpaired) electrons. The Hall–Kier alpha value is -2.44. The van der Waals surface area contributed by atoms with Crippen LogP contribution in [0.1, 0.15) is 40.2 Å². The molecule has 5 nitrogen and oxygen atoms in total. The average Bonchev–Trinajstić information content (AvgIpc) is 3.35. The molecule has 4 rings (SSSR count). The van der Waals surface area contributed by atoms with Gasteiger partial charge in [0, 0.05) is 48.1 Å². The first kappa shape index (κ1) is 18.9. The highest BCUT2D eigenvalue weighted by atomic mass is 32.1. The Morgan fingerprint density at radius 3 is 2.68 bits per heavy atom. The van der Waals surface area contributed by atoms with Gasteiger partial charge in [0.05, 0.1) is 5.56 Å². The summed E-state index contributed by atoms with van der Waals surface area (Å²) in [6, 6.07) is 12.4. The number of nitrogens with zero attached hydrogens (tertiary/aromatic N) is 2. The van der Waals surface area contributed by atoms with E-state index in [-0.39, 0.29) is 11.3 Å². The molecule has 1 fully saturated rings. The first-order valence-corrected chi connectivity index (χ1v) is 10.5. The summed E-state index contributed by atoms with van der Waals surface area (Å²) in [6.45, 7) is 6.05. The second-order valence-corrected chi connectivity index (χ2v) is 8.25. The fourth-order valence-electron chi connectivity index (χ4n) is 4.08. The summed E-state index contributed by atoms with van der Waals surface area (Å²) in [5.74, 6) is -0.0299. The molecule has 0 atom stereocenters. The molecular weight excluding hydrogens is 370 g/mol. The van der Waals surface area contributed by atoms with Gasteiger partial charge in [-0.3, -0.25) is 9.36 Å². The highest BCUT2D eigenvalue weighted by molar-refractivity contribution is 7.12. The standard InChI is InChI=1S/C22H25N3O2S/c1-16-14-19(17(2)25(16)21-23-10-13-28-21)20(26)24-15-22(8-11-27-12-9-22)18-6-4-3-5-7-18/h3-7,10,13-14H,8-9,11-12,15H2,1-2H3,(H,24,26). The summed E-state index contributed by atoms with van der Waals surface area (Å²) in [6.07, 6.45) is 3.61. The Balaban J connectivity index is 1.56. The lowest BCUT2D eigenvalue weighted by atomic mass is 9.74. The minimum atomic E-state index is -0.0734. The number of aromatic nitrogens is 2. The largest absolute Gasteiger partial charge is 0.381 e. The van der Waals surface area contributed by atoms with E-state index in [9.17, 15) is 4.79 Å². The molecule has 0 unspecified atom stereocenters. The number of rotatable bonds is 5. The summed E-state index contributed by atoms with van der Waals surface area (Å²) in [7, 11) is 0. The smallest absolute Gasteiger partial charge is 0.253 e. The number of aryl methyl sites for hydroxylation is 1. The maximum absolute atomic E-state index is 13.0. The molecule has 1 amide bonds. The molecule has 2 aromatic heterocycles. The van der Waals surface area contributed by atoms with Crippen LogP contribution >= 0.6 is 11.3 Å². The van der Waals surface area contributed by atoms with E-state index in [4.69, 9.17) is 4.74 Å². The quantitative estimate of drug-likeness (QED) is 0.710. The van der Waals surface area contributed by atoms with E-state index >= 15 is 0 Å². The van der Waals surface area contributed by atoms with Gasteiger partial charge in [-0.15, -0.1) is 11.3 Å². The molecule has 1 aliphatic rings. The zero-order chi connectivity index (χ0) is 19.6. The number of hydrogen-bond acceptors (Lipinski definition) is 4. The van der Waals surface area contributed by atoms with E-state index in [2.05, 4.69) is 34.6 Å². The van der Waals surface area contributed by atoms with Crippen LogP contribution in [0.4, 0.5) is 0 Å². The highest BCUT2D eigenvalue weighted by Gasteiger charge is 2.35. The van der Waals surface area contributed by atoms with Crippen LogP contribution in [0.5, 0.6) is 0 Å². The van der Waals surface area contributed by atoms with Gasteiger partial charge < -0.3 is 10.1 Å². The van der Waals surface area contributed by atoms with Crippen molar-refractivity contribution < 1.29 is 9.53 Å². The number of amides is 1. The molecule has 1 aromatic carbocycles. The lowest BCUT2D eigenvalue weighted by Gasteiger charge is -2.38. The fourth-order valence-corrected chi connectivity index (χ4v) is 4.83. The van der Waals surface area contributed by atoms with Crippen molar-refractivity contribution in [1.82, 2.24) is 14.9 Å². The summed E-state index contributed by atoms with van der Waals surface area (Å²) in [5.41, 5.74) is 3.85. The highest BCUT2D eigenvalue weighted by Crippen LogP contribution is 2.34. The van der Waals surface area contributed by atoms with Crippen LogP contribution in [0, 0.1) is 13.8 Å². The SMILES string of the molecule is Cc1cc(C(=O)NCC2(c3ccccc3)CCOCC2)c(C)n1-c1nccs1. The Morgan fingerprint density at radius 1 is 1.25 bits per heavy atom. The summed E-state index contributed by atoms with van der Waals surface area (Å²) in [5, 5.41) is 6.05. The van der Waals surface area contributed by atoms with Gasteiger partial charge in [-0.05, 0) is 38.3 Å². The van der Waals surface area contributed by atoms with Gasteiger partial charge in [0.1, 0.15) is 0 Å². The first-order valence-electron chi connectivity index (χ1n) is 9.61. The van der Waals surface area contributed by atoms with Crippen LogP contribution in [0.2, 0.25) is 0 Å². The molecule has 3 aromatic rings. The van der Waals surface area contributed by atoms with Gasteiger partial charge >= 0.3 is 0 Å². The molecular formula is C22H25N3O2S. The van der Waals surface area contributed by atoms with E-state index in [1.807, 2.05) is 35.9 Å². The normalized spacial score (nSPS) is 16.1. The van der Waals surface area contributed by atoms with Crippen LogP contribution in [0.15, 0.2) is 48.0 Å². The number of hydrogen-bond donors (Lipinski definition) is 1. The molecule has 1 N–H and O–H groups in total. The number of nitrogens with one attached hydrogen (secondary N) is 1. The molecule has 3 heterocycles. The van der Waals surface area contributed by atoms with Crippen molar-refractivity contribution in [3.63, 3.8) is 0 Å². The predicted molar refractivity (Wildman–Crippen MR) is 111 cm³/mol. The number of carbonyl (C=O) groups excluding carboxylic acids is 1. The Kier molecular flexibility index (Phi) is 5.33. The molecule has 28 heavy (non-hydrogen) atoms. The zero-order valence-corrected chi connectivity index (χ0v) is 17.1. The molecule has 146 valence electrons.